The van der Waals surface area contributed by atoms with Crippen LogP contribution in [-0.2, 0) is 23.7 Å². The maximum absolute atomic E-state index is 13.3. The molecular formula is C26H23N3O. The molecule has 0 saturated heterocycles. The van der Waals surface area contributed by atoms with Crippen LogP contribution < -0.4 is 0 Å². The summed E-state index contributed by atoms with van der Waals surface area (Å²) in [7, 11) is 1.99. The zero-order chi connectivity index (χ0) is 20.9. The first-order valence-corrected chi connectivity index (χ1v) is 10.4. The quantitative estimate of drug-likeness (QED) is 0.570. The highest BCUT2D eigenvalue weighted by molar-refractivity contribution is 6.03. The first-order chi connectivity index (χ1) is 14.5. The van der Waals surface area contributed by atoms with Crippen LogP contribution in [0.2, 0.25) is 0 Å². The monoisotopic (exact) mass is 393 g/mol. The van der Waals surface area contributed by atoms with Crippen molar-refractivity contribution in [3.63, 3.8) is 0 Å². The van der Waals surface area contributed by atoms with Crippen LogP contribution in [0.4, 0.5) is 0 Å². The van der Waals surface area contributed by atoms with Gasteiger partial charge in [-0.1, -0.05) is 73.7 Å². The van der Waals surface area contributed by atoms with Gasteiger partial charge in [-0.3, -0.25) is 4.68 Å². The molecule has 4 heteroatoms. The predicted octanol–water partition coefficient (Wildman–Crippen LogP) is 5.08. The van der Waals surface area contributed by atoms with Crippen LogP contribution in [0.5, 0.6) is 0 Å². The molecule has 148 valence electrons. The summed E-state index contributed by atoms with van der Waals surface area (Å²) in [5.41, 5.74) is 5.32. The van der Waals surface area contributed by atoms with Crippen LogP contribution in [0.3, 0.4) is 0 Å². The lowest BCUT2D eigenvalue weighted by Crippen LogP contribution is -2.45. The Balaban J connectivity index is 1.72. The molecule has 0 aliphatic heterocycles. The molecule has 30 heavy (non-hydrogen) atoms. The number of aromatic nitrogens is 2. The van der Waals surface area contributed by atoms with Crippen LogP contribution in [0.1, 0.15) is 36.1 Å². The molecule has 2 aliphatic carbocycles. The minimum atomic E-state index is -0.452. The number of carbonyl (C=O) groups is 1. The second-order valence-electron chi connectivity index (χ2n) is 8.49. The van der Waals surface area contributed by atoms with Gasteiger partial charge in [0, 0.05) is 29.5 Å². The van der Waals surface area contributed by atoms with E-state index < -0.39 is 5.41 Å². The maximum atomic E-state index is 13.3. The number of fused-ring (bicyclic) bond motifs is 3. The summed E-state index contributed by atoms with van der Waals surface area (Å²) >= 11 is 0. The molecular weight excluding hydrogens is 370 g/mol. The Hall–Kier alpha value is -3.45. The number of carbonyl (C=O) groups excluding carboxylic acids is 1. The third-order valence-corrected chi connectivity index (χ3v) is 6.83. The normalized spacial score (nSPS) is 25.1. The van der Waals surface area contributed by atoms with E-state index in [9.17, 15) is 4.79 Å². The van der Waals surface area contributed by atoms with Crippen molar-refractivity contribution >= 4 is 5.78 Å². The van der Waals surface area contributed by atoms with E-state index in [2.05, 4.69) is 23.9 Å². The summed E-state index contributed by atoms with van der Waals surface area (Å²) in [6.07, 6.45) is 3.67. The van der Waals surface area contributed by atoms with E-state index in [0.717, 1.165) is 35.4 Å². The van der Waals surface area contributed by atoms with Gasteiger partial charge in [0.2, 0.25) is 5.70 Å². The van der Waals surface area contributed by atoms with E-state index in [-0.39, 0.29) is 23.3 Å². The lowest BCUT2D eigenvalue weighted by molar-refractivity contribution is -0.119. The second-order valence-corrected chi connectivity index (χ2v) is 8.49. The number of nitrogens with zero attached hydrogens (tertiary/aromatic N) is 3. The van der Waals surface area contributed by atoms with E-state index in [1.54, 1.807) is 0 Å². The standard InChI is InChI=1S/C26H23N3O/c1-26-16-21(27-2)24(30)22(17-10-6-4-7-11-17)20(26)15-14-19-23(29(3)28-25(19)26)18-12-8-5-9-13-18/h4-13,16,20,22H,14-15H2,1,3H3/t20-,22-,26-/m0/s1. The molecule has 3 atom stereocenters. The molecule has 0 bridgehead atoms. The fraction of sp³-hybridized carbons (Fsp3) is 0.269. The molecule has 0 saturated carbocycles. The number of Topliss-reactive ketones (excluding diaryl/α,β-unsaturated/α-hetero) is 1. The third-order valence-electron chi connectivity index (χ3n) is 6.83. The van der Waals surface area contributed by atoms with E-state index in [4.69, 9.17) is 11.7 Å². The van der Waals surface area contributed by atoms with Crippen LogP contribution in [0, 0.1) is 12.5 Å². The van der Waals surface area contributed by atoms with Crippen LogP contribution in [0.25, 0.3) is 16.1 Å². The Kier molecular flexibility index (Phi) is 4.22. The molecule has 0 fully saturated rings. The number of ketones is 1. The summed E-state index contributed by atoms with van der Waals surface area (Å²) < 4.78 is 1.97. The Morgan fingerprint density at radius 2 is 1.77 bits per heavy atom. The fourth-order valence-corrected chi connectivity index (χ4v) is 5.49. The topological polar surface area (TPSA) is 39.2 Å². The van der Waals surface area contributed by atoms with Gasteiger partial charge in [-0.25, -0.2) is 4.85 Å². The van der Waals surface area contributed by atoms with Crippen molar-refractivity contribution in [2.24, 2.45) is 13.0 Å². The first-order valence-electron chi connectivity index (χ1n) is 10.4. The van der Waals surface area contributed by atoms with Gasteiger partial charge in [0.05, 0.1) is 18.0 Å². The van der Waals surface area contributed by atoms with Crippen molar-refractivity contribution in [2.45, 2.75) is 31.1 Å². The van der Waals surface area contributed by atoms with Gasteiger partial charge in [-0.2, -0.15) is 5.10 Å². The summed E-state index contributed by atoms with van der Waals surface area (Å²) in [6, 6.07) is 20.3. The average Bonchev–Trinajstić information content (AvgIpc) is 3.12. The minimum absolute atomic E-state index is 0.0543. The first kappa shape index (κ1) is 18.6. The molecule has 2 aliphatic rings. The Labute approximate surface area is 176 Å². The fourth-order valence-electron chi connectivity index (χ4n) is 5.49. The highest BCUT2D eigenvalue weighted by Gasteiger charge is 2.51. The van der Waals surface area contributed by atoms with Crippen LogP contribution in [0.15, 0.2) is 72.4 Å². The molecule has 5 rings (SSSR count). The van der Waals surface area contributed by atoms with E-state index in [1.165, 1.54) is 5.56 Å². The molecule has 1 heterocycles. The predicted molar refractivity (Wildman–Crippen MR) is 117 cm³/mol. The van der Waals surface area contributed by atoms with Gasteiger partial charge in [0.15, 0.2) is 5.78 Å². The molecule has 0 unspecified atom stereocenters. The summed E-state index contributed by atoms with van der Waals surface area (Å²) in [5.74, 6) is -0.272. The zero-order valence-electron chi connectivity index (χ0n) is 17.2. The summed E-state index contributed by atoms with van der Waals surface area (Å²) in [4.78, 5) is 16.9. The lowest BCUT2D eigenvalue weighted by atomic mass is 9.57. The Bertz CT molecular complexity index is 1200. The van der Waals surface area contributed by atoms with Crippen molar-refractivity contribution < 1.29 is 4.79 Å². The second kappa shape index (κ2) is 6.81. The largest absolute Gasteiger partial charge is 0.307 e. The maximum Gasteiger partial charge on any atom is 0.226 e. The van der Waals surface area contributed by atoms with E-state index in [0.29, 0.717) is 0 Å². The molecule has 4 nitrogen and oxygen atoms in total. The molecule has 3 aromatic rings. The average molecular weight is 393 g/mol. The van der Waals surface area contributed by atoms with Gasteiger partial charge in [0.25, 0.3) is 0 Å². The number of allylic oxidation sites excluding steroid dienone is 2. The van der Waals surface area contributed by atoms with E-state index in [1.807, 2.05) is 66.3 Å². The smallest absolute Gasteiger partial charge is 0.226 e. The molecule has 0 radical (unpaired) electrons. The molecule has 0 amide bonds. The van der Waals surface area contributed by atoms with Gasteiger partial charge in [-0.15, -0.1) is 0 Å². The summed E-state index contributed by atoms with van der Waals surface area (Å²) in [6.45, 7) is 9.81. The highest BCUT2D eigenvalue weighted by atomic mass is 16.1. The SMILES string of the molecule is [C-]#[N+]C1=C[C@]2(C)c3nn(C)c(-c4ccccc4)c3CC[C@H]2[C@H](c2ccccc2)C1=O. The number of hydrogen-bond acceptors (Lipinski definition) is 2. The highest BCUT2D eigenvalue weighted by Crippen LogP contribution is 2.53. The van der Waals surface area contributed by atoms with Crippen molar-refractivity contribution in [3.8, 4) is 11.3 Å². The molecule has 0 N–H and O–H groups in total. The Morgan fingerprint density at radius 1 is 1.10 bits per heavy atom. The zero-order valence-corrected chi connectivity index (χ0v) is 17.2. The van der Waals surface area contributed by atoms with Crippen molar-refractivity contribution in [2.75, 3.05) is 0 Å². The van der Waals surface area contributed by atoms with Crippen molar-refractivity contribution in [1.82, 2.24) is 9.78 Å². The van der Waals surface area contributed by atoms with Gasteiger partial charge in [-0.05, 0) is 24.3 Å². The lowest BCUT2D eigenvalue weighted by Gasteiger charge is -2.45. The number of benzene rings is 2. The number of aryl methyl sites for hydroxylation is 1. The number of hydrogen-bond donors (Lipinski definition) is 0. The Morgan fingerprint density at radius 3 is 2.43 bits per heavy atom. The summed E-state index contributed by atoms with van der Waals surface area (Å²) in [5, 5.41) is 4.96. The van der Waals surface area contributed by atoms with Crippen LogP contribution in [-0.4, -0.2) is 15.6 Å². The molecule has 0 spiro atoms. The van der Waals surface area contributed by atoms with Gasteiger partial charge >= 0.3 is 0 Å². The van der Waals surface area contributed by atoms with Crippen molar-refractivity contribution in [1.29, 1.82) is 0 Å². The van der Waals surface area contributed by atoms with Gasteiger partial charge in [0.1, 0.15) is 0 Å². The van der Waals surface area contributed by atoms with Gasteiger partial charge < -0.3 is 4.79 Å². The van der Waals surface area contributed by atoms with E-state index >= 15 is 0 Å². The third kappa shape index (κ3) is 2.59. The van der Waals surface area contributed by atoms with Crippen molar-refractivity contribution in [3.05, 3.63) is 101 Å². The minimum Gasteiger partial charge on any atom is -0.307 e. The number of rotatable bonds is 2. The van der Waals surface area contributed by atoms with Crippen LogP contribution >= 0.6 is 0 Å². The molecule has 2 aromatic carbocycles. The molecule has 1 aromatic heterocycles.